The van der Waals surface area contributed by atoms with Gasteiger partial charge in [0.1, 0.15) is 6.54 Å². The summed E-state index contributed by atoms with van der Waals surface area (Å²) in [6.45, 7) is 5.98. The maximum atomic E-state index is 11.7. The molecule has 0 saturated carbocycles. The van der Waals surface area contributed by atoms with Crippen molar-refractivity contribution in [2.45, 2.75) is 33.2 Å². The van der Waals surface area contributed by atoms with Gasteiger partial charge in [0.15, 0.2) is 11.7 Å². The van der Waals surface area contributed by atoms with Gasteiger partial charge in [0.05, 0.1) is 5.69 Å². The number of hydrogen-bond donors (Lipinski definition) is 3. The molecular weight excluding hydrogens is 457 g/mol. The van der Waals surface area contributed by atoms with E-state index in [1.807, 2.05) is 44.2 Å². The third-order valence-electron chi connectivity index (χ3n) is 3.83. The van der Waals surface area contributed by atoms with Crippen LogP contribution >= 0.6 is 24.0 Å². The number of carbonyl (C=O) groups is 1. The van der Waals surface area contributed by atoms with E-state index in [1.165, 1.54) is 0 Å². The summed E-state index contributed by atoms with van der Waals surface area (Å²) in [7, 11) is 1.63. The molecule has 0 aliphatic heterocycles. The molecule has 0 bridgehead atoms. The van der Waals surface area contributed by atoms with Crippen LogP contribution < -0.4 is 16.0 Å². The maximum absolute atomic E-state index is 11.7. The highest BCUT2D eigenvalue weighted by Crippen LogP contribution is 2.06. The number of aliphatic imine (C=N–C) groups is 1. The van der Waals surface area contributed by atoms with Crippen LogP contribution in [0.3, 0.4) is 0 Å². The van der Waals surface area contributed by atoms with Crippen LogP contribution in [0, 0.1) is 0 Å². The van der Waals surface area contributed by atoms with Gasteiger partial charge in [-0.15, -0.1) is 24.0 Å². The molecule has 2 aromatic rings. The average Bonchev–Trinajstić information content (AvgIpc) is 3.14. The molecule has 0 aliphatic rings. The third kappa shape index (κ3) is 7.58. The number of guanidine groups is 1. The quantitative estimate of drug-likeness (QED) is 0.304. The van der Waals surface area contributed by atoms with Crippen molar-refractivity contribution in [1.29, 1.82) is 0 Å². The molecule has 8 heteroatoms. The van der Waals surface area contributed by atoms with Crippen molar-refractivity contribution in [2.75, 3.05) is 20.1 Å². The monoisotopic (exact) mass is 485 g/mol. The van der Waals surface area contributed by atoms with Crippen molar-refractivity contribution in [3.8, 4) is 0 Å². The van der Waals surface area contributed by atoms with Crippen LogP contribution in [-0.4, -0.2) is 37.2 Å². The Hall–Kier alpha value is -2.10. The van der Waals surface area contributed by atoms with E-state index in [9.17, 15) is 4.79 Å². The number of amides is 1. The SMILES string of the molecule is CCNC(=NCc1cc(CC)no1)NCCc1cccc(C(=O)NC)c1.I. The molecule has 1 aromatic heterocycles. The normalized spacial score (nSPS) is 10.9. The Balaban J connectivity index is 0.00000364. The Bertz CT molecular complexity index is 745. The highest BCUT2D eigenvalue weighted by molar-refractivity contribution is 14.0. The summed E-state index contributed by atoms with van der Waals surface area (Å²) in [6, 6.07) is 9.55. The lowest BCUT2D eigenvalue weighted by Crippen LogP contribution is -2.38. The van der Waals surface area contributed by atoms with Crippen molar-refractivity contribution < 1.29 is 9.32 Å². The number of nitrogens with one attached hydrogen (secondary N) is 3. The summed E-state index contributed by atoms with van der Waals surface area (Å²) in [5, 5.41) is 13.1. The van der Waals surface area contributed by atoms with E-state index in [-0.39, 0.29) is 29.9 Å². The molecule has 0 unspecified atom stereocenters. The lowest BCUT2D eigenvalue weighted by atomic mass is 10.1. The standard InChI is InChI=1S/C19H27N5O2.HI/c1-4-16-12-17(26-24-16)13-23-19(21-5-2)22-10-9-14-7-6-8-15(11-14)18(25)20-3;/h6-8,11-12H,4-5,9-10,13H2,1-3H3,(H,20,25)(H2,21,22,23);1H. The summed E-state index contributed by atoms with van der Waals surface area (Å²) < 4.78 is 5.25. The van der Waals surface area contributed by atoms with E-state index >= 15 is 0 Å². The van der Waals surface area contributed by atoms with Crippen molar-refractivity contribution in [2.24, 2.45) is 4.99 Å². The number of carbonyl (C=O) groups excluding carboxylic acids is 1. The summed E-state index contributed by atoms with van der Waals surface area (Å²) in [5.41, 5.74) is 2.70. The molecule has 1 amide bonds. The van der Waals surface area contributed by atoms with Gasteiger partial charge in [0.25, 0.3) is 5.91 Å². The first-order chi connectivity index (χ1) is 12.7. The van der Waals surface area contributed by atoms with E-state index in [2.05, 4.69) is 26.1 Å². The highest BCUT2D eigenvalue weighted by atomic mass is 127. The van der Waals surface area contributed by atoms with Gasteiger partial charge in [-0.3, -0.25) is 4.79 Å². The first-order valence-electron chi connectivity index (χ1n) is 8.93. The lowest BCUT2D eigenvalue weighted by molar-refractivity contribution is 0.0963. The first kappa shape index (κ1) is 22.9. The highest BCUT2D eigenvalue weighted by Gasteiger charge is 2.05. The molecule has 7 nitrogen and oxygen atoms in total. The Morgan fingerprint density at radius 1 is 1.22 bits per heavy atom. The smallest absolute Gasteiger partial charge is 0.251 e. The molecular formula is C19H28IN5O2. The molecule has 0 atom stereocenters. The number of aromatic nitrogens is 1. The number of rotatable bonds is 8. The number of benzene rings is 1. The fourth-order valence-electron chi connectivity index (χ4n) is 2.43. The van der Waals surface area contributed by atoms with Crippen molar-refractivity contribution in [1.82, 2.24) is 21.1 Å². The van der Waals surface area contributed by atoms with Crippen molar-refractivity contribution in [3.05, 3.63) is 52.9 Å². The van der Waals surface area contributed by atoms with E-state index < -0.39 is 0 Å². The van der Waals surface area contributed by atoms with E-state index in [0.717, 1.165) is 42.4 Å². The molecule has 1 heterocycles. The Labute approximate surface area is 177 Å². The minimum absolute atomic E-state index is 0. The van der Waals surface area contributed by atoms with Crippen molar-refractivity contribution in [3.63, 3.8) is 0 Å². The van der Waals surface area contributed by atoms with Crippen LogP contribution in [0.15, 0.2) is 39.8 Å². The second-order valence-corrected chi connectivity index (χ2v) is 5.79. The van der Waals surface area contributed by atoms with Gasteiger partial charge in [0.2, 0.25) is 0 Å². The molecule has 0 aliphatic carbocycles. The van der Waals surface area contributed by atoms with E-state index in [0.29, 0.717) is 18.7 Å². The molecule has 1 aromatic carbocycles. The topological polar surface area (TPSA) is 91.6 Å². The number of aryl methyl sites for hydroxylation is 1. The Morgan fingerprint density at radius 2 is 2.04 bits per heavy atom. The number of hydrogen-bond acceptors (Lipinski definition) is 4. The Morgan fingerprint density at radius 3 is 2.70 bits per heavy atom. The van der Waals surface area contributed by atoms with Crippen LogP contribution in [0.1, 0.15) is 41.2 Å². The number of nitrogens with zero attached hydrogens (tertiary/aromatic N) is 2. The molecule has 0 saturated heterocycles. The van der Waals surface area contributed by atoms with Crippen LogP contribution in [-0.2, 0) is 19.4 Å². The fraction of sp³-hybridized carbons (Fsp3) is 0.421. The fourth-order valence-corrected chi connectivity index (χ4v) is 2.43. The van der Waals surface area contributed by atoms with Crippen LogP contribution in [0.2, 0.25) is 0 Å². The minimum Gasteiger partial charge on any atom is -0.359 e. The molecule has 3 N–H and O–H groups in total. The molecule has 0 radical (unpaired) electrons. The Kier molecular flexibility index (Phi) is 10.5. The first-order valence-corrected chi connectivity index (χ1v) is 8.93. The van der Waals surface area contributed by atoms with Crippen LogP contribution in [0.4, 0.5) is 0 Å². The van der Waals surface area contributed by atoms with Gasteiger partial charge < -0.3 is 20.5 Å². The zero-order valence-corrected chi connectivity index (χ0v) is 18.4. The predicted octanol–water partition coefficient (Wildman–Crippen LogP) is 2.51. The van der Waals surface area contributed by atoms with E-state index in [4.69, 9.17) is 4.52 Å². The maximum Gasteiger partial charge on any atom is 0.251 e. The average molecular weight is 485 g/mol. The van der Waals surface area contributed by atoms with Crippen molar-refractivity contribution >= 4 is 35.8 Å². The predicted molar refractivity (Wildman–Crippen MR) is 118 cm³/mol. The molecule has 27 heavy (non-hydrogen) atoms. The largest absolute Gasteiger partial charge is 0.359 e. The van der Waals surface area contributed by atoms with Gasteiger partial charge in [-0.05, 0) is 37.5 Å². The summed E-state index contributed by atoms with van der Waals surface area (Å²) >= 11 is 0. The zero-order chi connectivity index (χ0) is 18.8. The lowest BCUT2D eigenvalue weighted by Gasteiger charge is -2.11. The third-order valence-corrected chi connectivity index (χ3v) is 3.83. The van der Waals surface area contributed by atoms with Gasteiger partial charge in [-0.25, -0.2) is 4.99 Å². The molecule has 0 fully saturated rings. The summed E-state index contributed by atoms with van der Waals surface area (Å²) in [5.74, 6) is 1.40. The second kappa shape index (κ2) is 12.3. The minimum atomic E-state index is -0.0757. The van der Waals surface area contributed by atoms with E-state index in [1.54, 1.807) is 7.05 Å². The van der Waals surface area contributed by atoms with Gasteiger partial charge in [0, 0.05) is 31.8 Å². The van der Waals surface area contributed by atoms with Gasteiger partial charge in [-0.1, -0.05) is 24.2 Å². The van der Waals surface area contributed by atoms with Gasteiger partial charge >= 0.3 is 0 Å². The zero-order valence-electron chi connectivity index (χ0n) is 16.0. The molecule has 0 spiro atoms. The second-order valence-electron chi connectivity index (χ2n) is 5.79. The molecule has 2 rings (SSSR count). The number of halogens is 1. The summed E-state index contributed by atoms with van der Waals surface area (Å²) in [6.07, 6.45) is 1.64. The molecule has 148 valence electrons. The van der Waals surface area contributed by atoms with Crippen LogP contribution in [0.25, 0.3) is 0 Å². The van der Waals surface area contributed by atoms with Crippen LogP contribution in [0.5, 0.6) is 0 Å². The summed E-state index contributed by atoms with van der Waals surface area (Å²) in [4.78, 5) is 16.2. The van der Waals surface area contributed by atoms with Gasteiger partial charge in [-0.2, -0.15) is 0 Å².